The highest BCUT2D eigenvalue weighted by Gasteiger charge is 2.40. The van der Waals surface area contributed by atoms with Crippen LogP contribution in [-0.2, 0) is 9.53 Å². The molecule has 0 amide bonds. The maximum absolute atomic E-state index is 12.4. The van der Waals surface area contributed by atoms with E-state index in [1.54, 1.807) is 0 Å². The zero-order valence-corrected chi connectivity index (χ0v) is 10.9. The van der Waals surface area contributed by atoms with Crippen molar-refractivity contribution in [3.05, 3.63) is 0 Å². The number of carbonyl (C=O) groups is 1. The van der Waals surface area contributed by atoms with Gasteiger partial charge in [-0.15, -0.1) is 0 Å². The first-order chi connectivity index (χ1) is 8.77. The van der Waals surface area contributed by atoms with Gasteiger partial charge in [0.15, 0.2) is 5.78 Å². The van der Waals surface area contributed by atoms with Crippen molar-refractivity contribution in [2.75, 3.05) is 53.1 Å². The fourth-order valence-corrected chi connectivity index (χ4v) is 3.27. The molecule has 18 heavy (non-hydrogen) atoms. The molecule has 6 nitrogen and oxygen atoms in total. The smallest absolute Gasteiger partial charge is 0.190 e. The summed E-state index contributed by atoms with van der Waals surface area (Å²) in [5.74, 6) is 0.647. The van der Waals surface area contributed by atoms with Gasteiger partial charge >= 0.3 is 0 Å². The molecular weight excluding hydrogens is 232 g/mol. The zero-order chi connectivity index (χ0) is 12.4. The summed E-state index contributed by atoms with van der Waals surface area (Å²) in [5, 5.41) is 6.83. The predicted molar refractivity (Wildman–Crippen MR) is 66.1 cm³/mol. The Morgan fingerprint density at radius 2 is 1.89 bits per heavy atom. The first kappa shape index (κ1) is 12.5. The van der Waals surface area contributed by atoms with Crippen molar-refractivity contribution in [2.45, 2.75) is 12.8 Å². The number of ether oxygens (including phenoxy) is 1. The van der Waals surface area contributed by atoms with Crippen molar-refractivity contribution in [1.29, 1.82) is 0 Å². The zero-order valence-electron chi connectivity index (χ0n) is 10.9. The Bertz CT molecular complexity index is 307. The van der Waals surface area contributed by atoms with Gasteiger partial charge in [0.05, 0.1) is 13.3 Å². The normalized spacial score (nSPS) is 37.4. The van der Waals surface area contributed by atoms with E-state index in [0.29, 0.717) is 12.3 Å². The van der Waals surface area contributed by atoms with Crippen LogP contribution in [0.1, 0.15) is 12.8 Å². The molecule has 0 spiro atoms. The van der Waals surface area contributed by atoms with Gasteiger partial charge < -0.3 is 4.74 Å². The molecule has 0 unspecified atom stereocenters. The maximum Gasteiger partial charge on any atom is 0.190 e. The van der Waals surface area contributed by atoms with Crippen molar-refractivity contribution >= 4 is 5.78 Å². The fraction of sp³-hybridized carbons (Fsp3) is 0.917. The van der Waals surface area contributed by atoms with Crippen LogP contribution in [0, 0.1) is 5.92 Å². The average Bonchev–Trinajstić information content (AvgIpc) is 2.39. The summed E-state index contributed by atoms with van der Waals surface area (Å²) in [6.45, 7) is 6.81. The summed E-state index contributed by atoms with van der Waals surface area (Å²) in [6.07, 6.45) is 1.81. The molecule has 0 radical (unpaired) electrons. The van der Waals surface area contributed by atoms with Crippen molar-refractivity contribution in [3.63, 3.8) is 0 Å². The molecule has 3 aliphatic rings. The topological polar surface area (TPSA) is 53.6 Å². The monoisotopic (exact) mass is 255 g/mol. The molecule has 0 atom stereocenters. The molecule has 0 aliphatic carbocycles. The third-order valence-electron chi connectivity index (χ3n) is 4.23. The summed E-state index contributed by atoms with van der Waals surface area (Å²) in [5.41, 5.74) is 0. The Labute approximate surface area is 108 Å². The van der Waals surface area contributed by atoms with Crippen LogP contribution in [0.15, 0.2) is 0 Å². The number of hydrogen-bond acceptors (Lipinski definition) is 5. The van der Waals surface area contributed by atoms with E-state index in [9.17, 15) is 4.79 Å². The van der Waals surface area contributed by atoms with Crippen molar-refractivity contribution in [3.8, 4) is 0 Å². The predicted octanol–water partition coefficient (Wildman–Crippen LogP) is -0.905. The molecule has 102 valence electrons. The molecule has 2 N–H and O–H groups in total. The number of hydrogen-bond donors (Lipinski definition) is 2. The Morgan fingerprint density at radius 1 is 1.22 bits per heavy atom. The van der Waals surface area contributed by atoms with Gasteiger partial charge in [-0.2, -0.15) is 0 Å². The molecule has 3 heterocycles. The Kier molecular flexibility index (Phi) is 3.63. The van der Waals surface area contributed by atoms with Crippen molar-refractivity contribution in [2.24, 2.45) is 5.92 Å². The second-order valence-electron chi connectivity index (χ2n) is 5.80. The summed E-state index contributed by atoms with van der Waals surface area (Å²) in [7, 11) is 0. The van der Waals surface area contributed by atoms with Crippen LogP contribution < -0.4 is 10.6 Å². The van der Waals surface area contributed by atoms with Crippen molar-refractivity contribution in [1.82, 2.24) is 15.5 Å². The third kappa shape index (κ3) is 2.57. The highest BCUT2D eigenvalue weighted by Crippen LogP contribution is 2.20. The van der Waals surface area contributed by atoms with E-state index < -0.39 is 0 Å². The van der Waals surface area contributed by atoms with E-state index in [2.05, 4.69) is 15.5 Å². The number of rotatable bonds is 3. The van der Waals surface area contributed by atoms with Crippen LogP contribution >= 0.6 is 0 Å². The van der Waals surface area contributed by atoms with E-state index in [1.807, 2.05) is 0 Å². The molecule has 6 heteroatoms. The summed E-state index contributed by atoms with van der Waals surface area (Å²) >= 11 is 0. The van der Waals surface area contributed by atoms with Gasteiger partial charge in [-0.3, -0.25) is 19.9 Å². The summed E-state index contributed by atoms with van der Waals surface area (Å²) in [6, 6.07) is 0. The second kappa shape index (κ2) is 5.22. The van der Waals surface area contributed by atoms with Crippen LogP contribution in [-0.4, -0.2) is 68.3 Å². The first-order valence-corrected chi connectivity index (χ1v) is 6.87. The van der Waals surface area contributed by atoms with Gasteiger partial charge in [0.25, 0.3) is 0 Å². The van der Waals surface area contributed by atoms with E-state index >= 15 is 0 Å². The first-order valence-electron chi connectivity index (χ1n) is 6.87. The van der Waals surface area contributed by atoms with Crippen LogP contribution in [0.25, 0.3) is 0 Å². The maximum atomic E-state index is 12.4. The van der Waals surface area contributed by atoms with Crippen LogP contribution in [0.3, 0.4) is 0 Å². The van der Waals surface area contributed by atoms with E-state index in [1.165, 1.54) is 0 Å². The minimum absolute atomic E-state index is 0.226. The second-order valence-corrected chi connectivity index (χ2v) is 5.80. The molecule has 0 aromatic heterocycles. The molecule has 2 bridgehead atoms. The standard InChI is InChI=1S/C12H23N4O2/c17-12(11-1-3-18-4-2-11)5-16-8-13-6-15(10-16)7-14-9-16/h11,13-14H,1-10H2/q+1. The van der Waals surface area contributed by atoms with Gasteiger partial charge in [0, 0.05) is 19.1 Å². The molecule has 0 saturated carbocycles. The number of quaternary nitrogens is 1. The highest BCUT2D eigenvalue weighted by atomic mass is 16.5. The molecule has 0 aromatic rings. The van der Waals surface area contributed by atoms with Crippen LogP contribution in [0.5, 0.6) is 0 Å². The number of Topliss-reactive ketones (excluding diaryl/α,β-unsaturated/α-hetero) is 1. The molecular formula is C12H23N4O2+. The lowest BCUT2D eigenvalue weighted by molar-refractivity contribution is -0.947. The van der Waals surface area contributed by atoms with Crippen LogP contribution in [0.2, 0.25) is 0 Å². The van der Waals surface area contributed by atoms with Crippen LogP contribution in [0.4, 0.5) is 0 Å². The molecule has 3 rings (SSSR count). The quantitative estimate of drug-likeness (QED) is 0.640. The van der Waals surface area contributed by atoms with Gasteiger partial charge in [0.2, 0.25) is 0 Å². The molecule has 3 aliphatic heterocycles. The number of ketones is 1. The third-order valence-corrected chi connectivity index (χ3v) is 4.23. The lowest BCUT2D eigenvalue weighted by atomic mass is 9.94. The summed E-state index contributed by atoms with van der Waals surface area (Å²) < 4.78 is 6.16. The van der Waals surface area contributed by atoms with Gasteiger partial charge in [-0.25, -0.2) is 4.90 Å². The average molecular weight is 255 g/mol. The minimum Gasteiger partial charge on any atom is -0.381 e. The Balaban J connectivity index is 1.61. The number of carbonyl (C=O) groups excluding carboxylic acids is 1. The van der Waals surface area contributed by atoms with E-state index in [-0.39, 0.29) is 5.92 Å². The van der Waals surface area contributed by atoms with Gasteiger partial charge in [-0.05, 0) is 12.8 Å². The van der Waals surface area contributed by atoms with Gasteiger partial charge in [-0.1, -0.05) is 0 Å². The number of nitrogens with one attached hydrogen (secondary N) is 2. The SMILES string of the molecule is O=C(C[N+]12CNCN(CNC1)C2)C1CCOCC1. The van der Waals surface area contributed by atoms with Gasteiger partial charge in [0.1, 0.15) is 26.6 Å². The number of fused-ring (bicyclic) bond motifs is 2. The van der Waals surface area contributed by atoms with E-state index in [4.69, 9.17) is 4.74 Å². The highest BCUT2D eigenvalue weighted by molar-refractivity contribution is 5.82. The Hall–Kier alpha value is -0.530. The molecule has 0 aromatic carbocycles. The Morgan fingerprint density at radius 3 is 2.56 bits per heavy atom. The lowest BCUT2D eigenvalue weighted by Gasteiger charge is -2.49. The molecule has 3 fully saturated rings. The fourth-order valence-electron chi connectivity index (χ4n) is 3.27. The van der Waals surface area contributed by atoms with Crippen molar-refractivity contribution < 1.29 is 14.0 Å². The summed E-state index contributed by atoms with van der Waals surface area (Å²) in [4.78, 5) is 14.7. The number of nitrogens with zero attached hydrogens (tertiary/aromatic N) is 2. The largest absolute Gasteiger partial charge is 0.381 e. The van der Waals surface area contributed by atoms with E-state index in [0.717, 1.165) is 63.9 Å². The lowest BCUT2D eigenvalue weighted by Crippen LogP contribution is -2.73. The molecule has 3 saturated heterocycles. The minimum atomic E-state index is 0.226.